The molecule has 128 valence electrons. The minimum Gasteiger partial charge on any atom is -0.472 e. The van der Waals surface area contributed by atoms with Gasteiger partial charge in [0.15, 0.2) is 0 Å². The highest BCUT2D eigenvalue weighted by Gasteiger charge is 2.50. The Labute approximate surface area is 139 Å². The topological polar surface area (TPSA) is 47.3 Å². The van der Waals surface area contributed by atoms with E-state index in [1.54, 1.807) is 12.5 Å². The fraction of sp³-hybridized carbons (Fsp3) is 0.700. The molecule has 0 radical (unpaired) electrons. The number of Topliss-reactive ketones (excluding diaryl/α,β-unsaturated/α-hetero) is 2. The van der Waals surface area contributed by atoms with Crippen molar-refractivity contribution in [2.45, 2.75) is 72.6 Å². The summed E-state index contributed by atoms with van der Waals surface area (Å²) >= 11 is 0. The monoisotopic (exact) mass is 318 g/mol. The molecular weight excluding hydrogens is 288 g/mol. The standard InChI is InChI=1S/C20H30O3/c1-5-16(21)13-17-19(2,3)10-6-11-20(17,4)18(22)8-7-15-9-12-23-14-15/h9,12,14,17H,5-8,10-11,13H2,1-4H3/t17-,20-/m0/s1. The summed E-state index contributed by atoms with van der Waals surface area (Å²) in [7, 11) is 0. The van der Waals surface area contributed by atoms with Gasteiger partial charge in [0.25, 0.3) is 0 Å². The molecule has 3 nitrogen and oxygen atoms in total. The van der Waals surface area contributed by atoms with E-state index in [-0.39, 0.29) is 22.5 Å². The average molecular weight is 318 g/mol. The highest BCUT2D eigenvalue weighted by molar-refractivity contribution is 5.86. The van der Waals surface area contributed by atoms with Gasteiger partial charge >= 0.3 is 0 Å². The van der Waals surface area contributed by atoms with E-state index in [0.717, 1.165) is 31.2 Å². The molecule has 0 aliphatic heterocycles. The van der Waals surface area contributed by atoms with Gasteiger partial charge in [-0.1, -0.05) is 34.1 Å². The van der Waals surface area contributed by atoms with Gasteiger partial charge in [0.1, 0.15) is 11.6 Å². The predicted molar refractivity (Wildman–Crippen MR) is 91.2 cm³/mol. The number of ketones is 2. The highest BCUT2D eigenvalue weighted by atomic mass is 16.3. The van der Waals surface area contributed by atoms with Crippen LogP contribution in [0.5, 0.6) is 0 Å². The molecule has 3 heteroatoms. The number of aryl methyl sites for hydroxylation is 1. The molecule has 2 rings (SSSR count). The summed E-state index contributed by atoms with van der Waals surface area (Å²) < 4.78 is 5.08. The van der Waals surface area contributed by atoms with Crippen molar-refractivity contribution in [3.63, 3.8) is 0 Å². The van der Waals surface area contributed by atoms with Crippen molar-refractivity contribution < 1.29 is 14.0 Å². The second-order valence-electron chi connectivity index (χ2n) is 7.96. The van der Waals surface area contributed by atoms with Crippen molar-refractivity contribution in [2.75, 3.05) is 0 Å². The first-order valence-electron chi connectivity index (χ1n) is 8.85. The summed E-state index contributed by atoms with van der Waals surface area (Å²) in [6, 6.07) is 1.92. The Hall–Kier alpha value is -1.38. The van der Waals surface area contributed by atoms with E-state index in [1.807, 2.05) is 13.0 Å². The molecule has 0 bridgehead atoms. The van der Waals surface area contributed by atoms with Gasteiger partial charge in [-0.25, -0.2) is 0 Å². The van der Waals surface area contributed by atoms with Gasteiger partial charge in [0.05, 0.1) is 12.5 Å². The lowest BCUT2D eigenvalue weighted by molar-refractivity contribution is -0.140. The van der Waals surface area contributed by atoms with Crippen LogP contribution in [0.1, 0.15) is 71.8 Å². The van der Waals surface area contributed by atoms with Crippen LogP contribution in [0.2, 0.25) is 0 Å². The minimum absolute atomic E-state index is 0.0448. The Bertz CT molecular complexity index is 541. The Morgan fingerprint density at radius 2 is 2.00 bits per heavy atom. The van der Waals surface area contributed by atoms with Crippen LogP contribution >= 0.6 is 0 Å². The normalized spacial score (nSPS) is 26.9. The Balaban J connectivity index is 2.15. The number of carbonyl (C=O) groups is 2. The molecule has 0 spiro atoms. The third-order valence-corrected chi connectivity index (χ3v) is 5.91. The van der Waals surface area contributed by atoms with Crippen molar-refractivity contribution in [1.29, 1.82) is 0 Å². The van der Waals surface area contributed by atoms with E-state index >= 15 is 0 Å². The first-order valence-corrected chi connectivity index (χ1v) is 8.85. The third kappa shape index (κ3) is 3.94. The molecular formula is C20H30O3. The van der Waals surface area contributed by atoms with Crippen LogP contribution in [0.4, 0.5) is 0 Å². The summed E-state index contributed by atoms with van der Waals surface area (Å²) in [5.41, 5.74) is 0.734. The summed E-state index contributed by atoms with van der Waals surface area (Å²) in [5, 5.41) is 0. The number of hydrogen-bond donors (Lipinski definition) is 0. The smallest absolute Gasteiger partial charge is 0.139 e. The largest absolute Gasteiger partial charge is 0.472 e. The first-order chi connectivity index (χ1) is 10.8. The van der Waals surface area contributed by atoms with Crippen molar-refractivity contribution >= 4 is 11.6 Å². The number of furan rings is 1. The summed E-state index contributed by atoms with van der Waals surface area (Å²) in [4.78, 5) is 25.1. The molecule has 0 unspecified atom stereocenters. The van der Waals surface area contributed by atoms with E-state index in [0.29, 0.717) is 25.0 Å². The molecule has 1 aromatic heterocycles. The summed E-state index contributed by atoms with van der Waals surface area (Å²) in [5.74, 6) is 0.729. The highest BCUT2D eigenvalue weighted by Crippen LogP contribution is 2.53. The van der Waals surface area contributed by atoms with Crippen molar-refractivity contribution in [2.24, 2.45) is 16.7 Å². The van der Waals surface area contributed by atoms with Crippen molar-refractivity contribution in [1.82, 2.24) is 0 Å². The maximum Gasteiger partial charge on any atom is 0.139 e. The predicted octanol–water partition coefficient (Wildman–Crippen LogP) is 4.98. The van der Waals surface area contributed by atoms with E-state index in [9.17, 15) is 9.59 Å². The van der Waals surface area contributed by atoms with Crippen LogP contribution in [-0.4, -0.2) is 11.6 Å². The maximum absolute atomic E-state index is 13.0. The van der Waals surface area contributed by atoms with Crippen molar-refractivity contribution in [3.05, 3.63) is 24.2 Å². The van der Waals surface area contributed by atoms with Crippen LogP contribution in [-0.2, 0) is 16.0 Å². The van der Waals surface area contributed by atoms with Crippen LogP contribution in [0, 0.1) is 16.7 Å². The van der Waals surface area contributed by atoms with E-state index in [1.165, 1.54) is 0 Å². The fourth-order valence-corrected chi connectivity index (χ4v) is 4.31. The van der Waals surface area contributed by atoms with Crippen LogP contribution in [0.3, 0.4) is 0 Å². The van der Waals surface area contributed by atoms with Gasteiger partial charge in [0, 0.05) is 24.7 Å². The number of carbonyl (C=O) groups excluding carboxylic acids is 2. The van der Waals surface area contributed by atoms with Crippen LogP contribution in [0.15, 0.2) is 23.0 Å². The van der Waals surface area contributed by atoms with Crippen LogP contribution in [0.25, 0.3) is 0 Å². The maximum atomic E-state index is 13.0. The SMILES string of the molecule is CCC(=O)C[C@H]1C(C)(C)CCC[C@]1(C)C(=O)CCc1ccoc1. The minimum atomic E-state index is -0.379. The molecule has 1 fully saturated rings. The quantitative estimate of drug-likeness (QED) is 0.712. The van der Waals surface area contributed by atoms with Gasteiger partial charge in [-0.3, -0.25) is 9.59 Å². The lowest BCUT2D eigenvalue weighted by Gasteiger charge is -2.50. The molecule has 1 heterocycles. The zero-order chi connectivity index (χ0) is 17.1. The van der Waals surface area contributed by atoms with Gasteiger partial charge in [-0.05, 0) is 42.2 Å². The second kappa shape index (κ2) is 7.02. The lowest BCUT2D eigenvalue weighted by Crippen LogP contribution is -2.47. The average Bonchev–Trinajstić information content (AvgIpc) is 3.01. The number of rotatable bonds is 7. The van der Waals surface area contributed by atoms with E-state index < -0.39 is 0 Å². The lowest BCUT2D eigenvalue weighted by atomic mass is 9.53. The second-order valence-corrected chi connectivity index (χ2v) is 7.96. The molecule has 2 atom stereocenters. The van der Waals surface area contributed by atoms with E-state index in [4.69, 9.17) is 4.42 Å². The molecule has 0 saturated heterocycles. The molecule has 1 aliphatic carbocycles. The van der Waals surface area contributed by atoms with Crippen LogP contribution < -0.4 is 0 Å². The molecule has 23 heavy (non-hydrogen) atoms. The Morgan fingerprint density at radius 3 is 2.61 bits per heavy atom. The molecule has 0 aromatic carbocycles. The van der Waals surface area contributed by atoms with Gasteiger partial charge in [-0.2, -0.15) is 0 Å². The molecule has 0 amide bonds. The molecule has 1 aromatic rings. The first kappa shape index (κ1) is 18.0. The molecule has 1 saturated carbocycles. The zero-order valence-electron chi connectivity index (χ0n) is 15.0. The number of hydrogen-bond acceptors (Lipinski definition) is 3. The summed E-state index contributed by atoms with van der Waals surface area (Å²) in [6.07, 6.45) is 8.78. The van der Waals surface area contributed by atoms with Gasteiger partial charge in [-0.15, -0.1) is 0 Å². The van der Waals surface area contributed by atoms with Crippen molar-refractivity contribution in [3.8, 4) is 0 Å². The van der Waals surface area contributed by atoms with E-state index in [2.05, 4.69) is 20.8 Å². The summed E-state index contributed by atoms with van der Waals surface area (Å²) in [6.45, 7) is 8.46. The Kier molecular flexibility index (Phi) is 5.49. The Morgan fingerprint density at radius 1 is 1.26 bits per heavy atom. The fourth-order valence-electron chi connectivity index (χ4n) is 4.31. The molecule has 1 aliphatic rings. The van der Waals surface area contributed by atoms with Gasteiger partial charge < -0.3 is 4.42 Å². The molecule has 0 N–H and O–H groups in total. The zero-order valence-corrected chi connectivity index (χ0v) is 15.0. The van der Waals surface area contributed by atoms with Gasteiger partial charge in [0.2, 0.25) is 0 Å². The third-order valence-electron chi connectivity index (χ3n) is 5.91.